The third-order valence-corrected chi connectivity index (χ3v) is 3.47. The van der Waals surface area contributed by atoms with Crippen molar-refractivity contribution >= 4 is 27.5 Å². The smallest absolute Gasteiger partial charge is 0.234 e. The maximum atomic E-state index is 11.8. The summed E-state index contributed by atoms with van der Waals surface area (Å²) in [6.45, 7) is 7.93. The Labute approximate surface area is 123 Å². The van der Waals surface area contributed by atoms with E-state index in [-0.39, 0.29) is 11.9 Å². The highest BCUT2D eigenvalue weighted by atomic mass is 79.9. The minimum Gasteiger partial charge on any atom is -0.399 e. The lowest BCUT2D eigenvalue weighted by atomic mass is 10.2. The van der Waals surface area contributed by atoms with Gasteiger partial charge in [-0.3, -0.25) is 9.69 Å². The molecule has 0 aromatic heterocycles. The number of hydrogen-bond acceptors (Lipinski definition) is 3. The number of nitrogen functional groups attached to an aromatic ring is 1. The van der Waals surface area contributed by atoms with Crippen molar-refractivity contribution in [2.24, 2.45) is 0 Å². The lowest BCUT2D eigenvalue weighted by Gasteiger charge is -2.21. The van der Waals surface area contributed by atoms with Crippen molar-refractivity contribution in [1.82, 2.24) is 10.2 Å². The molecule has 0 aliphatic heterocycles. The van der Waals surface area contributed by atoms with E-state index in [1.807, 2.05) is 39.0 Å². The lowest BCUT2D eigenvalue weighted by molar-refractivity contribution is -0.122. The summed E-state index contributed by atoms with van der Waals surface area (Å²) in [4.78, 5) is 13.9. The number of hydrogen-bond donors (Lipinski definition) is 2. The predicted molar refractivity (Wildman–Crippen MR) is 82.8 cm³/mol. The topological polar surface area (TPSA) is 58.4 Å². The molecule has 1 rings (SSSR count). The number of rotatable bonds is 6. The first-order chi connectivity index (χ1) is 8.92. The molecule has 0 saturated carbocycles. The second-order valence-electron chi connectivity index (χ2n) is 4.88. The van der Waals surface area contributed by atoms with E-state index in [4.69, 9.17) is 5.73 Å². The highest BCUT2D eigenvalue weighted by Gasteiger charge is 2.12. The number of anilines is 1. The zero-order chi connectivity index (χ0) is 14.4. The molecule has 0 saturated heterocycles. The zero-order valence-electron chi connectivity index (χ0n) is 11.7. The van der Waals surface area contributed by atoms with E-state index in [9.17, 15) is 4.79 Å². The molecular weight excluding hydrogens is 306 g/mol. The van der Waals surface area contributed by atoms with Crippen LogP contribution in [0.3, 0.4) is 0 Å². The molecule has 0 bridgehead atoms. The first-order valence-corrected chi connectivity index (χ1v) is 7.27. The monoisotopic (exact) mass is 327 g/mol. The molecule has 1 aromatic rings. The van der Waals surface area contributed by atoms with Crippen molar-refractivity contribution in [3.63, 3.8) is 0 Å². The lowest BCUT2D eigenvalue weighted by Crippen LogP contribution is -2.39. The molecular formula is C14H22BrN3O. The van der Waals surface area contributed by atoms with E-state index in [0.29, 0.717) is 6.54 Å². The predicted octanol–water partition coefficient (Wildman–Crippen LogP) is 2.38. The molecule has 0 aliphatic rings. The van der Waals surface area contributed by atoms with Crippen LogP contribution in [0.2, 0.25) is 0 Å². The zero-order valence-corrected chi connectivity index (χ0v) is 13.3. The van der Waals surface area contributed by atoms with Crippen molar-refractivity contribution < 1.29 is 4.79 Å². The minimum absolute atomic E-state index is 0.0587. The van der Waals surface area contributed by atoms with Crippen LogP contribution >= 0.6 is 15.9 Å². The van der Waals surface area contributed by atoms with Gasteiger partial charge in [0.1, 0.15) is 0 Å². The molecule has 19 heavy (non-hydrogen) atoms. The number of likely N-dealkylation sites (N-methyl/N-ethyl adjacent to an activating group) is 1. The standard InChI is InChI=1S/C14H22BrN3O/c1-4-18(9-14(19)17-10(2)3)8-11-5-6-12(16)7-13(11)15/h5-7,10H,4,8-9,16H2,1-3H3,(H,17,19). The number of nitrogens with one attached hydrogen (secondary N) is 1. The molecule has 4 nitrogen and oxygen atoms in total. The van der Waals surface area contributed by atoms with Crippen molar-refractivity contribution in [2.45, 2.75) is 33.4 Å². The molecule has 1 amide bonds. The van der Waals surface area contributed by atoms with Crippen LogP contribution in [-0.2, 0) is 11.3 Å². The number of nitrogens with zero attached hydrogens (tertiary/aromatic N) is 1. The molecule has 5 heteroatoms. The van der Waals surface area contributed by atoms with Crippen LogP contribution in [0.5, 0.6) is 0 Å². The Hall–Kier alpha value is -1.07. The largest absolute Gasteiger partial charge is 0.399 e. The number of carbonyl (C=O) groups is 1. The molecule has 1 aromatic carbocycles. The summed E-state index contributed by atoms with van der Waals surface area (Å²) in [5, 5.41) is 2.90. The van der Waals surface area contributed by atoms with Gasteiger partial charge in [-0.1, -0.05) is 28.9 Å². The average Bonchev–Trinajstić information content (AvgIpc) is 2.30. The third kappa shape index (κ3) is 5.61. The fraction of sp³-hybridized carbons (Fsp3) is 0.500. The number of carbonyl (C=O) groups excluding carboxylic acids is 1. The second kappa shape index (κ2) is 7.50. The van der Waals surface area contributed by atoms with Crippen LogP contribution < -0.4 is 11.1 Å². The van der Waals surface area contributed by atoms with Gasteiger partial charge in [-0.05, 0) is 38.1 Å². The van der Waals surface area contributed by atoms with Gasteiger partial charge < -0.3 is 11.1 Å². The SMILES string of the molecule is CCN(CC(=O)NC(C)C)Cc1ccc(N)cc1Br. The summed E-state index contributed by atoms with van der Waals surface area (Å²) in [5.74, 6) is 0.0587. The van der Waals surface area contributed by atoms with Gasteiger partial charge in [0.05, 0.1) is 6.54 Å². The van der Waals surface area contributed by atoms with Gasteiger partial charge in [0.2, 0.25) is 5.91 Å². The van der Waals surface area contributed by atoms with Gasteiger partial charge in [-0.15, -0.1) is 0 Å². The normalized spacial score (nSPS) is 11.1. The number of amides is 1. The highest BCUT2D eigenvalue weighted by Crippen LogP contribution is 2.21. The molecule has 0 unspecified atom stereocenters. The summed E-state index contributed by atoms with van der Waals surface area (Å²) in [5.41, 5.74) is 7.58. The summed E-state index contributed by atoms with van der Waals surface area (Å²) in [6.07, 6.45) is 0. The van der Waals surface area contributed by atoms with Gasteiger partial charge in [0.15, 0.2) is 0 Å². The molecule has 0 aliphatic carbocycles. The summed E-state index contributed by atoms with van der Waals surface area (Å²) in [7, 11) is 0. The maximum Gasteiger partial charge on any atom is 0.234 e. The fourth-order valence-electron chi connectivity index (χ4n) is 1.78. The fourth-order valence-corrected chi connectivity index (χ4v) is 2.30. The molecule has 3 N–H and O–H groups in total. The summed E-state index contributed by atoms with van der Waals surface area (Å²) < 4.78 is 0.982. The summed E-state index contributed by atoms with van der Waals surface area (Å²) >= 11 is 3.50. The first kappa shape index (κ1) is 16.0. The Kier molecular flexibility index (Phi) is 6.31. The Bertz CT molecular complexity index is 435. The second-order valence-corrected chi connectivity index (χ2v) is 5.73. The molecule has 0 fully saturated rings. The van der Waals surface area contributed by atoms with Crippen LogP contribution in [-0.4, -0.2) is 29.9 Å². The van der Waals surface area contributed by atoms with E-state index >= 15 is 0 Å². The highest BCUT2D eigenvalue weighted by molar-refractivity contribution is 9.10. The molecule has 0 radical (unpaired) electrons. The number of benzene rings is 1. The molecule has 0 heterocycles. The van der Waals surface area contributed by atoms with Crippen molar-refractivity contribution in [2.75, 3.05) is 18.8 Å². The number of nitrogens with two attached hydrogens (primary N) is 1. The minimum atomic E-state index is 0.0587. The first-order valence-electron chi connectivity index (χ1n) is 6.48. The van der Waals surface area contributed by atoms with Crippen LogP contribution in [0.25, 0.3) is 0 Å². The molecule has 106 valence electrons. The Balaban J connectivity index is 2.63. The van der Waals surface area contributed by atoms with Gasteiger partial charge in [-0.25, -0.2) is 0 Å². The van der Waals surface area contributed by atoms with Gasteiger partial charge in [0.25, 0.3) is 0 Å². The third-order valence-electron chi connectivity index (χ3n) is 2.74. The van der Waals surface area contributed by atoms with E-state index in [1.54, 1.807) is 0 Å². The van der Waals surface area contributed by atoms with Gasteiger partial charge in [-0.2, -0.15) is 0 Å². The van der Waals surface area contributed by atoms with Crippen molar-refractivity contribution in [3.05, 3.63) is 28.2 Å². The maximum absolute atomic E-state index is 11.8. The van der Waals surface area contributed by atoms with Crippen LogP contribution in [0.15, 0.2) is 22.7 Å². The van der Waals surface area contributed by atoms with Crippen molar-refractivity contribution in [1.29, 1.82) is 0 Å². The molecule has 0 atom stereocenters. The van der Waals surface area contributed by atoms with E-state index in [2.05, 4.69) is 26.1 Å². The van der Waals surface area contributed by atoms with Gasteiger partial charge in [0, 0.05) is 22.7 Å². The van der Waals surface area contributed by atoms with Gasteiger partial charge >= 0.3 is 0 Å². The van der Waals surface area contributed by atoms with Crippen LogP contribution in [0.1, 0.15) is 26.3 Å². The van der Waals surface area contributed by atoms with E-state index in [1.165, 1.54) is 0 Å². The van der Waals surface area contributed by atoms with Crippen LogP contribution in [0, 0.1) is 0 Å². The quantitative estimate of drug-likeness (QED) is 0.788. The Morgan fingerprint density at radius 1 is 1.47 bits per heavy atom. The van der Waals surface area contributed by atoms with E-state index in [0.717, 1.165) is 28.8 Å². The Morgan fingerprint density at radius 2 is 2.16 bits per heavy atom. The van der Waals surface area contributed by atoms with E-state index < -0.39 is 0 Å². The van der Waals surface area contributed by atoms with Crippen LogP contribution in [0.4, 0.5) is 5.69 Å². The average molecular weight is 328 g/mol. The van der Waals surface area contributed by atoms with Crippen molar-refractivity contribution in [3.8, 4) is 0 Å². The molecule has 0 spiro atoms. The summed E-state index contributed by atoms with van der Waals surface area (Å²) in [6, 6.07) is 5.93. The number of halogens is 1. The Morgan fingerprint density at radius 3 is 2.68 bits per heavy atom.